The van der Waals surface area contributed by atoms with Gasteiger partial charge in [0.25, 0.3) is 0 Å². The van der Waals surface area contributed by atoms with E-state index in [1.165, 1.54) is 117 Å². The summed E-state index contributed by atoms with van der Waals surface area (Å²) < 4.78 is 5.38. The minimum atomic E-state index is 1.23. The number of fused-ring (bicyclic) bond motifs is 11. The second kappa shape index (κ2) is 11.6. The predicted octanol–water partition coefficient (Wildman–Crippen LogP) is 16.0. The topological polar surface area (TPSA) is 0 Å². The highest BCUT2D eigenvalue weighted by atomic mass is 32.1. The van der Waals surface area contributed by atoms with Gasteiger partial charge in [-0.15, -0.1) is 22.7 Å². The van der Waals surface area contributed by atoms with Gasteiger partial charge in [0, 0.05) is 45.9 Å². The zero-order chi connectivity index (χ0) is 35.3. The van der Waals surface area contributed by atoms with Crippen molar-refractivity contribution in [2.75, 3.05) is 0 Å². The molecule has 0 aliphatic rings. The maximum absolute atomic E-state index is 2.47. The van der Waals surface area contributed by atoms with Gasteiger partial charge in [-0.3, -0.25) is 0 Å². The van der Waals surface area contributed by atoms with Crippen molar-refractivity contribution in [2.24, 2.45) is 0 Å². The molecule has 0 amide bonds. The average molecular weight is 719 g/mol. The van der Waals surface area contributed by atoms with Gasteiger partial charge in [0.1, 0.15) is 0 Å². The SMILES string of the molecule is c1ccc2c(-c3c4ccccc4c(-c4ccc(-c5c6sc7ccc8ccccc8c7c6cc6sc7ccccc7c56)cc4)c4ccccc34)cccc2c1. The van der Waals surface area contributed by atoms with E-state index in [0.29, 0.717) is 0 Å². The van der Waals surface area contributed by atoms with E-state index in [0.717, 1.165) is 0 Å². The highest BCUT2D eigenvalue weighted by Gasteiger charge is 2.21. The van der Waals surface area contributed by atoms with Crippen molar-refractivity contribution in [1.82, 2.24) is 0 Å². The smallest absolute Gasteiger partial charge is 0.0441 e. The predicted molar refractivity (Wildman–Crippen MR) is 239 cm³/mol. The van der Waals surface area contributed by atoms with Crippen molar-refractivity contribution < 1.29 is 0 Å². The Hall–Kier alpha value is -6.32. The van der Waals surface area contributed by atoms with Crippen molar-refractivity contribution in [3.05, 3.63) is 182 Å². The summed E-state index contributed by atoms with van der Waals surface area (Å²) >= 11 is 3.84. The Morgan fingerprint density at radius 2 is 0.815 bits per heavy atom. The highest BCUT2D eigenvalue weighted by molar-refractivity contribution is 7.28. The molecule has 2 aromatic heterocycles. The molecular weight excluding hydrogens is 689 g/mol. The summed E-state index contributed by atoms with van der Waals surface area (Å²) in [6.45, 7) is 0. The molecule has 12 aromatic rings. The standard InChI is InChI=1S/C52H30S2/c1-3-15-35-31(12-1)14-11-22-37(35)49-40-19-7-5-17-38(40)47(39-18-6-8-20-41(39)49)33-24-26-34(27-25-33)48-51-42-21-9-10-23-44(42)53-46(51)30-43-50-36-16-4-2-13-32(36)28-29-45(50)54-52(43)48/h1-30H. The van der Waals surface area contributed by atoms with Gasteiger partial charge >= 0.3 is 0 Å². The maximum Gasteiger partial charge on any atom is 0.0441 e. The first-order valence-electron chi connectivity index (χ1n) is 18.5. The summed E-state index contributed by atoms with van der Waals surface area (Å²) in [4.78, 5) is 0. The molecule has 12 rings (SSSR count). The zero-order valence-corrected chi connectivity index (χ0v) is 30.8. The molecule has 0 fully saturated rings. The Kier molecular flexibility index (Phi) is 6.48. The van der Waals surface area contributed by atoms with Crippen LogP contribution in [0, 0.1) is 0 Å². The molecule has 0 spiro atoms. The van der Waals surface area contributed by atoms with Crippen molar-refractivity contribution >= 4 is 106 Å². The fraction of sp³-hybridized carbons (Fsp3) is 0. The van der Waals surface area contributed by atoms with Gasteiger partial charge < -0.3 is 0 Å². The van der Waals surface area contributed by atoms with Crippen LogP contribution in [0.3, 0.4) is 0 Å². The van der Waals surface area contributed by atoms with Crippen LogP contribution in [0.15, 0.2) is 182 Å². The normalized spacial score (nSPS) is 12.1. The molecule has 0 saturated heterocycles. The average Bonchev–Trinajstić information content (AvgIpc) is 3.80. The Balaban J connectivity index is 1.13. The van der Waals surface area contributed by atoms with Crippen LogP contribution in [0.25, 0.3) is 117 Å². The van der Waals surface area contributed by atoms with E-state index >= 15 is 0 Å². The molecule has 2 heteroatoms. The molecule has 0 saturated carbocycles. The monoisotopic (exact) mass is 718 g/mol. The fourth-order valence-electron chi connectivity index (χ4n) is 9.14. The lowest BCUT2D eigenvalue weighted by molar-refractivity contribution is 1.66. The lowest BCUT2D eigenvalue weighted by atomic mass is 9.84. The quantitative estimate of drug-likeness (QED) is 0.160. The third-order valence-corrected chi connectivity index (χ3v) is 13.8. The number of hydrogen-bond donors (Lipinski definition) is 0. The van der Waals surface area contributed by atoms with Gasteiger partial charge in [-0.1, -0.05) is 164 Å². The molecule has 0 bridgehead atoms. The van der Waals surface area contributed by atoms with Crippen molar-refractivity contribution in [1.29, 1.82) is 0 Å². The number of rotatable bonds is 3. The van der Waals surface area contributed by atoms with E-state index in [1.807, 2.05) is 22.7 Å². The van der Waals surface area contributed by atoms with E-state index in [9.17, 15) is 0 Å². The van der Waals surface area contributed by atoms with Crippen LogP contribution >= 0.6 is 22.7 Å². The summed E-state index contributed by atoms with van der Waals surface area (Å²) in [6.07, 6.45) is 0. The first-order valence-corrected chi connectivity index (χ1v) is 20.1. The van der Waals surface area contributed by atoms with E-state index in [1.54, 1.807) is 0 Å². The maximum atomic E-state index is 2.47. The third-order valence-electron chi connectivity index (χ3n) is 11.4. The van der Waals surface area contributed by atoms with Crippen LogP contribution in [0.5, 0.6) is 0 Å². The van der Waals surface area contributed by atoms with E-state index in [2.05, 4.69) is 182 Å². The van der Waals surface area contributed by atoms with Gasteiger partial charge in [-0.05, 0) is 89.1 Å². The van der Waals surface area contributed by atoms with Gasteiger partial charge in [-0.25, -0.2) is 0 Å². The molecule has 0 radical (unpaired) electrons. The van der Waals surface area contributed by atoms with Gasteiger partial charge in [0.05, 0.1) is 0 Å². The van der Waals surface area contributed by atoms with Crippen LogP contribution in [-0.2, 0) is 0 Å². The van der Waals surface area contributed by atoms with E-state index in [4.69, 9.17) is 0 Å². The number of benzene rings is 10. The van der Waals surface area contributed by atoms with Crippen LogP contribution in [0.4, 0.5) is 0 Å². The van der Waals surface area contributed by atoms with Crippen LogP contribution < -0.4 is 0 Å². The zero-order valence-electron chi connectivity index (χ0n) is 29.1. The summed E-state index contributed by atoms with van der Waals surface area (Å²) in [5, 5.41) is 15.7. The molecule has 0 nitrogen and oxygen atoms in total. The fourth-order valence-corrected chi connectivity index (χ4v) is 11.6. The summed E-state index contributed by atoms with van der Waals surface area (Å²) in [7, 11) is 0. The number of hydrogen-bond acceptors (Lipinski definition) is 2. The first-order chi connectivity index (χ1) is 26.8. The van der Waals surface area contributed by atoms with Crippen LogP contribution in [0.2, 0.25) is 0 Å². The minimum absolute atomic E-state index is 1.23. The molecule has 2 heterocycles. The Labute approximate surface area is 319 Å². The summed E-state index contributed by atoms with van der Waals surface area (Å²) in [6, 6.07) is 67.7. The molecule has 0 aliphatic carbocycles. The van der Waals surface area contributed by atoms with Gasteiger partial charge in [-0.2, -0.15) is 0 Å². The molecule has 0 N–H and O–H groups in total. The minimum Gasteiger partial charge on any atom is -0.135 e. The molecule has 54 heavy (non-hydrogen) atoms. The molecule has 0 unspecified atom stereocenters. The summed E-state index contributed by atoms with van der Waals surface area (Å²) in [5.41, 5.74) is 7.70. The van der Waals surface area contributed by atoms with Crippen molar-refractivity contribution in [2.45, 2.75) is 0 Å². The second-order valence-corrected chi connectivity index (χ2v) is 16.4. The Bertz CT molecular complexity index is 3430. The van der Waals surface area contributed by atoms with E-state index in [-0.39, 0.29) is 0 Å². The van der Waals surface area contributed by atoms with Crippen LogP contribution in [0.1, 0.15) is 0 Å². The molecule has 10 aromatic carbocycles. The van der Waals surface area contributed by atoms with Crippen LogP contribution in [-0.4, -0.2) is 0 Å². The summed E-state index contributed by atoms with van der Waals surface area (Å²) in [5.74, 6) is 0. The van der Waals surface area contributed by atoms with Crippen molar-refractivity contribution in [3.8, 4) is 33.4 Å². The third kappa shape index (κ3) is 4.30. The Morgan fingerprint density at radius 1 is 0.278 bits per heavy atom. The lowest BCUT2D eigenvalue weighted by Gasteiger charge is -2.19. The number of thiophene rings is 2. The lowest BCUT2D eigenvalue weighted by Crippen LogP contribution is -1.91. The molecular formula is C52H30S2. The van der Waals surface area contributed by atoms with Gasteiger partial charge in [0.2, 0.25) is 0 Å². The van der Waals surface area contributed by atoms with Gasteiger partial charge in [0.15, 0.2) is 0 Å². The Morgan fingerprint density at radius 3 is 1.52 bits per heavy atom. The van der Waals surface area contributed by atoms with E-state index < -0.39 is 0 Å². The molecule has 250 valence electrons. The second-order valence-electron chi connectivity index (χ2n) is 14.3. The highest BCUT2D eigenvalue weighted by Crippen LogP contribution is 2.51. The first kappa shape index (κ1) is 30.2. The molecule has 0 atom stereocenters. The molecule has 0 aliphatic heterocycles. The van der Waals surface area contributed by atoms with Crippen molar-refractivity contribution in [3.63, 3.8) is 0 Å². The largest absolute Gasteiger partial charge is 0.135 e.